The van der Waals surface area contributed by atoms with Crippen molar-refractivity contribution in [1.29, 1.82) is 0 Å². The maximum Gasteiger partial charge on any atom is 0.343 e. The number of anilines is 1. The Morgan fingerprint density at radius 3 is 2.44 bits per heavy atom. The van der Waals surface area contributed by atoms with Crippen molar-refractivity contribution < 1.29 is 22.8 Å². The normalized spacial score (nSPS) is 14.0. The highest BCUT2D eigenvalue weighted by Gasteiger charge is 2.28. The first-order chi connectivity index (χ1) is 12.7. The first-order valence-corrected chi connectivity index (χ1v) is 9.83. The van der Waals surface area contributed by atoms with Crippen LogP contribution in [0.1, 0.15) is 10.4 Å². The van der Waals surface area contributed by atoms with Crippen molar-refractivity contribution in [3.05, 3.63) is 58.6 Å². The van der Waals surface area contributed by atoms with E-state index in [1.165, 1.54) is 24.3 Å². The second-order valence-electron chi connectivity index (χ2n) is 5.52. The van der Waals surface area contributed by atoms with Gasteiger partial charge in [0.25, 0.3) is 15.9 Å². The number of sulfonamides is 1. The molecule has 27 heavy (non-hydrogen) atoms. The van der Waals surface area contributed by atoms with Crippen LogP contribution in [0, 0.1) is 0 Å². The maximum atomic E-state index is 12.5. The fourth-order valence-corrected chi connectivity index (χ4v) is 3.62. The van der Waals surface area contributed by atoms with Crippen LogP contribution >= 0.6 is 15.9 Å². The summed E-state index contributed by atoms with van der Waals surface area (Å²) in [6.07, 6.45) is 0. The molecule has 1 aliphatic rings. The van der Waals surface area contributed by atoms with Crippen molar-refractivity contribution in [2.45, 2.75) is 4.90 Å². The van der Waals surface area contributed by atoms with Gasteiger partial charge in [-0.25, -0.2) is 18.2 Å². The lowest BCUT2D eigenvalue weighted by Gasteiger charge is -2.15. The highest BCUT2D eigenvalue weighted by atomic mass is 79.9. The molecule has 140 valence electrons. The molecule has 0 aromatic heterocycles. The van der Waals surface area contributed by atoms with Crippen molar-refractivity contribution in [3.8, 4) is 0 Å². The summed E-state index contributed by atoms with van der Waals surface area (Å²) in [5.74, 6) is -1.27. The molecular weight excluding hydrogens is 440 g/mol. The highest BCUT2D eigenvalue weighted by molar-refractivity contribution is 9.10. The fourth-order valence-electron chi connectivity index (χ4n) is 2.26. The van der Waals surface area contributed by atoms with E-state index >= 15 is 0 Å². The summed E-state index contributed by atoms with van der Waals surface area (Å²) in [6, 6.07) is 11.1. The molecule has 0 atom stereocenters. The number of hydrazine groups is 1. The molecule has 2 aromatic rings. The molecule has 0 radical (unpaired) electrons. The van der Waals surface area contributed by atoms with E-state index < -0.39 is 27.9 Å². The van der Waals surface area contributed by atoms with Gasteiger partial charge in [-0.05, 0) is 42.5 Å². The van der Waals surface area contributed by atoms with Gasteiger partial charge in [0, 0.05) is 15.7 Å². The topological polar surface area (TPSA) is 125 Å². The van der Waals surface area contributed by atoms with Crippen LogP contribution in [0.5, 0.6) is 0 Å². The molecule has 2 aromatic carbocycles. The Morgan fingerprint density at radius 1 is 1.11 bits per heavy atom. The molecule has 1 aliphatic heterocycles. The van der Waals surface area contributed by atoms with Crippen LogP contribution in [0.2, 0.25) is 0 Å². The summed E-state index contributed by atoms with van der Waals surface area (Å²) in [6.45, 7) is -0.312. The van der Waals surface area contributed by atoms with E-state index in [1.54, 1.807) is 24.3 Å². The highest BCUT2D eigenvalue weighted by Crippen LogP contribution is 2.19. The number of benzene rings is 2. The van der Waals surface area contributed by atoms with Crippen molar-refractivity contribution in [1.82, 2.24) is 15.8 Å². The Balaban J connectivity index is 1.78. The minimum Gasteiger partial charge on any atom is -0.280 e. The average molecular weight is 453 g/mol. The van der Waals surface area contributed by atoms with E-state index in [4.69, 9.17) is 0 Å². The summed E-state index contributed by atoms with van der Waals surface area (Å²) < 4.78 is 28.3. The second kappa shape index (κ2) is 7.37. The van der Waals surface area contributed by atoms with Gasteiger partial charge in [0.2, 0.25) is 5.91 Å². The lowest BCUT2D eigenvalue weighted by Crippen LogP contribution is -2.44. The number of amides is 4. The van der Waals surface area contributed by atoms with Gasteiger partial charge in [-0.1, -0.05) is 22.0 Å². The van der Waals surface area contributed by atoms with Crippen LogP contribution < -0.4 is 15.5 Å². The third kappa shape index (κ3) is 4.44. The van der Waals surface area contributed by atoms with Gasteiger partial charge in [0.15, 0.2) is 0 Å². The number of carbonyl (C=O) groups is 3. The Hall–Kier alpha value is -2.92. The van der Waals surface area contributed by atoms with Crippen LogP contribution in [0.3, 0.4) is 0 Å². The number of hydrogen-bond donors (Lipinski definition) is 3. The van der Waals surface area contributed by atoms with Gasteiger partial charge >= 0.3 is 6.03 Å². The van der Waals surface area contributed by atoms with Crippen LogP contribution in [0.4, 0.5) is 10.5 Å². The van der Waals surface area contributed by atoms with Gasteiger partial charge in [-0.3, -0.25) is 25.1 Å². The molecule has 11 heteroatoms. The minimum absolute atomic E-state index is 0.0147. The number of halogens is 1. The Bertz CT molecular complexity index is 1020. The van der Waals surface area contributed by atoms with E-state index in [1.807, 2.05) is 5.32 Å². The summed E-state index contributed by atoms with van der Waals surface area (Å²) >= 11 is 3.26. The van der Waals surface area contributed by atoms with Crippen molar-refractivity contribution >= 4 is 49.5 Å². The van der Waals surface area contributed by atoms with Crippen molar-refractivity contribution in [2.75, 3.05) is 11.3 Å². The molecule has 0 saturated carbocycles. The zero-order valence-corrected chi connectivity index (χ0v) is 16.0. The zero-order valence-electron chi connectivity index (χ0n) is 13.6. The van der Waals surface area contributed by atoms with E-state index in [-0.39, 0.29) is 17.0 Å². The number of rotatable bonds is 5. The Morgan fingerprint density at radius 2 is 1.81 bits per heavy atom. The number of nitrogens with zero attached hydrogens (tertiary/aromatic N) is 1. The number of nitrogens with one attached hydrogen (secondary N) is 3. The first kappa shape index (κ1) is 18.9. The molecule has 0 unspecified atom stereocenters. The summed E-state index contributed by atoms with van der Waals surface area (Å²) in [7, 11) is -3.92. The second-order valence-corrected chi connectivity index (χ2v) is 8.12. The van der Waals surface area contributed by atoms with Gasteiger partial charge in [0.05, 0.1) is 4.90 Å². The Labute approximate surface area is 162 Å². The van der Waals surface area contributed by atoms with Crippen LogP contribution in [-0.4, -0.2) is 37.8 Å². The molecule has 0 bridgehead atoms. The van der Waals surface area contributed by atoms with E-state index in [2.05, 4.69) is 26.1 Å². The molecule has 3 rings (SSSR count). The maximum absolute atomic E-state index is 12.5. The first-order valence-electron chi connectivity index (χ1n) is 7.55. The molecule has 1 fully saturated rings. The number of hydrogen-bond acceptors (Lipinski definition) is 5. The number of urea groups is 1. The van der Waals surface area contributed by atoms with Crippen molar-refractivity contribution in [3.63, 3.8) is 0 Å². The predicted molar refractivity (Wildman–Crippen MR) is 99.1 cm³/mol. The van der Waals surface area contributed by atoms with Gasteiger partial charge < -0.3 is 0 Å². The smallest absolute Gasteiger partial charge is 0.280 e. The van der Waals surface area contributed by atoms with Gasteiger partial charge in [-0.15, -0.1) is 0 Å². The molecular formula is C16H13BrN4O5S. The lowest BCUT2D eigenvalue weighted by molar-refractivity contribution is -0.118. The van der Waals surface area contributed by atoms with Gasteiger partial charge in [0.1, 0.15) is 6.54 Å². The van der Waals surface area contributed by atoms with E-state index in [9.17, 15) is 22.8 Å². The lowest BCUT2D eigenvalue weighted by atomic mass is 10.2. The molecule has 1 heterocycles. The summed E-state index contributed by atoms with van der Waals surface area (Å²) in [4.78, 5) is 34.8. The van der Waals surface area contributed by atoms with Crippen molar-refractivity contribution in [2.24, 2.45) is 0 Å². The van der Waals surface area contributed by atoms with Crippen LogP contribution in [0.25, 0.3) is 0 Å². The van der Waals surface area contributed by atoms with E-state index in [0.717, 1.165) is 9.48 Å². The SMILES string of the molecule is O=C1CN(NC(=O)c2cccc(S(=O)(=O)Nc3ccc(Br)cc3)c2)C(=O)N1. The predicted octanol–water partition coefficient (Wildman–Crippen LogP) is 1.45. The standard InChI is InChI=1S/C16H13BrN4O5S/c17-11-4-6-12(7-5-11)20-27(25,26)13-3-1-2-10(8-13)15(23)19-21-9-14(22)18-16(21)24/h1-8,20H,9H2,(H,19,23)(H,18,22,24). The third-order valence-corrected chi connectivity index (χ3v) is 5.44. The minimum atomic E-state index is -3.92. The number of carbonyl (C=O) groups excluding carboxylic acids is 3. The van der Waals surface area contributed by atoms with Crippen LogP contribution in [-0.2, 0) is 14.8 Å². The quantitative estimate of drug-likeness (QED) is 0.592. The largest absolute Gasteiger partial charge is 0.343 e. The molecule has 0 spiro atoms. The molecule has 0 aliphatic carbocycles. The average Bonchev–Trinajstić information content (AvgIpc) is 2.94. The zero-order chi connectivity index (χ0) is 19.6. The fraction of sp³-hybridized carbons (Fsp3) is 0.0625. The molecule has 4 amide bonds. The number of imide groups is 1. The van der Waals surface area contributed by atoms with E-state index in [0.29, 0.717) is 5.69 Å². The summed E-state index contributed by atoms with van der Waals surface area (Å²) in [5, 5.41) is 2.83. The molecule has 9 nitrogen and oxygen atoms in total. The summed E-state index contributed by atoms with van der Waals surface area (Å²) in [5.41, 5.74) is 2.63. The Kier molecular flexibility index (Phi) is 5.15. The monoisotopic (exact) mass is 452 g/mol. The van der Waals surface area contributed by atoms with Crippen LogP contribution in [0.15, 0.2) is 57.9 Å². The van der Waals surface area contributed by atoms with Gasteiger partial charge in [-0.2, -0.15) is 0 Å². The molecule has 1 saturated heterocycles. The third-order valence-electron chi connectivity index (χ3n) is 3.53. The molecule has 3 N–H and O–H groups in total.